The van der Waals surface area contributed by atoms with Crippen LogP contribution in [-0.4, -0.2) is 47.4 Å². The minimum absolute atomic E-state index is 0.219. The summed E-state index contributed by atoms with van der Waals surface area (Å²) in [5, 5.41) is 0. The van der Waals surface area contributed by atoms with Gasteiger partial charge in [-0.1, -0.05) is 30.3 Å². The van der Waals surface area contributed by atoms with Crippen molar-refractivity contribution in [2.24, 2.45) is 0 Å². The third-order valence-corrected chi connectivity index (χ3v) is 4.30. The number of carbonyl (C=O) groups is 1. The van der Waals surface area contributed by atoms with Crippen molar-refractivity contribution in [1.29, 1.82) is 0 Å². The highest BCUT2D eigenvalue weighted by Gasteiger charge is 2.36. The summed E-state index contributed by atoms with van der Waals surface area (Å²) in [5.41, 5.74) is 1.33. The molecule has 2 fully saturated rings. The SMILES string of the molecule is CC(=O)N1CCN(C2CC2)C[C@H]1Cc1ccccc1. The average molecular weight is 258 g/mol. The average Bonchev–Trinajstić information content (AvgIpc) is 3.24. The molecule has 0 bridgehead atoms. The Hall–Kier alpha value is -1.35. The van der Waals surface area contributed by atoms with Gasteiger partial charge in [0.15, 0.2) is 0 Å². The van der Waals surface area contributed by atoms with Crippen LogP contribution >= 0.6 is 0 Å². The van der Waals surface area contributed by atoms with Crippen molar-refractivity contribution in [3.8, 4) is 0 Å². The zero-order valence-corrected chi connectivity index (χ0v) is 11.6. The largest absolute Gasteiger partial charge is 0.337 e. The van der Waals surface area contributed by atoms with E-state index in [1.807, 2.05) is 6.07 Å². The van der Waals surface area contributed by atoms with Crippen molar-refractivity contribution >= 4 is 5.91 Å². The lowest BCUT2D eigenvalue weighted by Crippen LogP contribution is -2.55. The van der Waals surface area contributed by atoms with Gasteiger partial charge in [0.1, 0.15) is 0 Å². The highest BCUT2D eigenvalue weighted by molar-refractivity contribution is 5.73. The molecule has 3 rings (SSSR count). The van der Waals surface area contributed by atoms with E-state index in [1.165, 1.54) is 18.4 Å². The molecule has 2 aliphatic rings. The summed E-state index contributed by atoms with van der Waals surface area (Å²) in [7, 11) is 0. The third kappa shape index (κ3) is 2.98. The van der Waals surface area contributed by atoms with E-state index in [9.17, 15) is 4.79 Å². The number of hydrogen-bond donors (Lipinski definition) is 0. The molecule has 1 aromatic rings. The minimum atomic E-state index is 0.219. The molecule has 19 heavy (non-hydrogen) atoms. The summed E-state index contributed by atoms with van der Waals surface area (Å²) in [6.45, 7) is 4.68. The fraction of sp³-hybridized carbons (Fsp3) is 0.562. The van der Waals surface area contributed by atoms with E-state index in [1.54, 1.807) is 6.92 Å². The molecule has 3 heteroatoms. The maximum absolute atomic E-state index is 11.8. The fourth-order valence-electron chi connectivity index (χ4n) is 3.13. The predicted octanol–water partition coefficient (Wildman–Crippen LogP) is 1.92. The fourth-order valence-corrected chi connectivity index (χ4v) is 3.13. The predicted molar refractivity (Wildman–Crippen MR) is 75.9 cm³/mol. The van der Waals surface area contributed by atoms with Gasteiger partial charge >= 0.3 is 0 Å². The van der Waals surface area contributed by atoms with E-state index in [0.29, 0.717) is 6.04 Å². The normalized spacial score (nSPS) is 24.5. The minimum Gasteiger partial charge on any atom is -0.337 e. The van der Waals surface area contributed by atoms with Crippen LogP contribution in [0.2, 0.25) is 0 Å². The summed E-state index contributed by atoms with van der Waals surface area (Å²) in [4.78, 5) is 16.4. The maximum Gasteiger partial charge on any atom is 0.219 e. The molecule has 0 spiro atoms. The number of benzene rings is 1. The summed E-state index contributed by atoms with van der Waals surface area (Å²) in [6, 6.07) is 11.7. The van der Waals surface area contributed by atoms with Gasteiger partial charge in [0.25, 0.3) is 0 Å². The first kappa shape index (κ1) is 12.7. The molecule has 3 nitrogen and oxygen atoms in total. The standard InChI is InChI=1S/C16H22N2O/c1-13(19)18-10-9-17(15-7-8-15)12-16(18)11-14-5-3-2-4-6-14/h2-6,15-16H,7-12H2,1H3/t16-/m1/s1. The second kappa shape index (κ2) is 5.33. The first-order valence-corrected chi connectivity index (χ1v) is 7.29. The van der Waals surface area contributed by atoms with E-state index < -0.39 is 0 Å². The number of carbonyl (C=O) groups excluding carboxylic acids is 1. The third-order valence-electron chi connectivity index (χ3n) is 4.30. The monoisotopic (exact) mass is 258 g/mol. The van der Waals surface area contributed by atoms with Crippen molar-refractivity contribution in [1.82, 2.24) is 9.80 Å². The lowest BCUT2D eigenvalue weighted by molar-refractivity contribution is -0.133. The van der Waals surface area contributed by atoms with Crippen LogP contribution in [0.3, 0.4) is 0 Å². The Morgan fingerprint density at radius 1 is 1.21 bits per heavy atom. The van der Waals surface area contributed by atoms with Crippen molar-refractivity contribution in [3.63, 3.8) is 0 Å². The Labute approximate surface area is 115 Å². The van der Waals surface area contributed by atoms with Gasteiger partial charge in [-0.25, -0.2) is 0 Å². The first-order chi connectivity index (χ1) is 9.24. The lowest BCUT2D eigenvalue weighted by atomic mass is 10.0. The van der Waals surface area contributed by atoms with Crippen LogP contribution in [0.25, 0.3) is 0 Å². The zero-order chi connectivity index (χ0) is 13.2. The van der Waals surface area contributed by atoms with Gasteiger partial charge in [-0.15, -0.1) is 0 Å². The first-order valence-electron chi connectivity index (χ1n) is 7.29. The highest BCUT2D eigenvalue weighted by atomic mass is 16.2. The smallest absolute Gasteiger partial charge is 0.219 e. The molecule has 1 atom stereocenters. The summed E-state index contributed by atoms with van der Waals surface area (Å²) < 4.78 is 0. The quantitative estimate of drug-likeness (QED) is 0.827. The topological polar surface area (TPSA) is 23.6 Å². The van der Waals surface area contributed by atoms with Crippen molar-refractivity contribution < 1.29 is 4.79 Å². The molecular formula is C16H22N2O. The molecule has 0 unspecified atom stereocenters. The van der Waals surface area contributed by atoms with Crippen LogP contribution in [0.5, 0.6) is 0 Å². The molecule has 0 aromatic heterocycles. The van der Waals surface area contributed by atoms with Gasteiger partial charge in [0.05, 0.1) is 0 Å². The Morgan fingerprint density at radius 3 is 2.58 bits per heavy atom. The van der Waals surface area contributed by atoms with Crippen LogP contribution in [0.4, 0.5) is 0 Å². The highest BCUT2D eigenvalue weighted by Crippen LogP contribution is 2.29. The molecule has 1 aliphatic carbocycles. The molecule has 1 aromatic carbocycles. The van der Waals surface area contributed by atoms with Gasteiger partial charge in [-0.3, -0.25) is 9.69 Å². The second-order valence-electron chi connectivity index (χ2n) is 5.78. The van der Waals surface area contributed by atoms with Crippen LogP contribution < -0.4 is 0 Å². The molecule has 0 radical (unpaired) electrons. The van der Waals surface area contributed by atoms with Crippen LogP contribution in [0, 0.1) is 0 Å². The second-order valence-corrected chi connectivity index (χ2v) is 5.78. The number of piperazine rings is 1. The Kier molecular flexibility index (Phi) is 3.56. The molecule has 1 saturated carbocycles. The van der Waals surface area contributed by atoms with Crippen LogP contribution in [0.1, 0.15) is 25.3 Å². The van der Waals surface area contributed by atoms with Crippen molar-refractivity contribution in [2.45, 2.75) is 38.3 Å². The van der Waals surface area contributed by atoms with Gasteiger partial charge in [0.2, 0.25) is 5.91 Å². The zero-order valence-electron chi connectivity index (χ0n) is 11.6. The summed E-state index contributed by atoms with van der Waals surface area (Å²) in [6.07, 6.45) is 3.67. The number of amides is 1. The van der Waals surface area contributed by atoms with Gasteiger partial charge in [-0.05, 0) is 24.8 Å². The molecule has 102 valence electrons. The van der Waals surface area contributed by atoms with E-state index in [0.717, 1.165) is 32.1 Å². The number of nitrogens with zero attached hydrogens (tertiary/aromatic N) is 2. The molecule has 0 N–H and O–H groups in total. The molecule has 1 heterocycles. The van der Waals surface area contributed by atoms with E-state index in [2.05, 4.69) is 34.1 Å². The molecule has 1 amide bonds. The van der Waals surface area contributed by atoms with E-state index in [-0.39, 0.29) is 5.91 Å². The van der Waals surface area contributed by atoms with Crippen LogP contribution in [-0.2, 0) is 11.2 Å². The van der Waals surface area contributed by atoms with Crippen molar-refractivity contribution in [3.05, 3.63) is 35.9 Å². The van der Waals surface area contributed by atoms with Gasteiger partial charge in [-0.2, -0.15) is 0 Å². The van der Waals surface area contributed by atoms with Crippen LogP contribution in [0.15, 0.2) is 30.3 Å². The van der Waals surface area contributed by atoms with E-state index >= 15 is 0 Å². The van der Waals surface area contributed by atoms with Gasteiger partial charge < -0.3 is 4.90 Å². The lowest BCUT2D eigenvalue weighted by Gasteiger charge is -2.41. The van der Waals surface area contributed by atoms with Gasteiger partial charge in [0, 0.05) is 38.6 Å². The Bertz CT molecular complexity index is 441. The number of hydrogen-bond acceptors (Lipinski definition) is 2. The Morgan fingerprint density at radius 2 is 1.95 bits per heavy atom. The maximum atomic E-state index is 11.8. The Balaban J connectivity index is 1.71. The van der Waals surface area contributed by atoms with E-state index in [4.69, 9.17) is 0 Å². The molecule has 1 aliphatic heterocycles. The molecule has 1 saturated heterocycles. The summed E-state index contributed by atoms with van der Waals surface area (Å²) in [5.74, 6) is 0.219. The number of rotatable bonds is 3. The molecular weight excluding hydrogens is 236 g/mol. The summed E-state index contributed by atoms with van der Waals surface area (Å²) >= 11 is 0. The van der Waals surface area contributed by atoms with Crippen molar-refractivity contribution in [2.75, 3.05) is 19.6 Å².